The minimum atomic E-state index is -4.55. The number of rotatable bonds is 7. The molecule has 1 amide bonds. The quantitative estimate of drug-likeness (QED) is 0.441. The van der Waals surface area contributed by atoms with Crippen LogP contribution in [0.5, 0.6) is 0 Å². The molecule has 0 bridgehead atoms. The van der Waals surface area contributed by atoms with Gasteiger partial charge in [-0.2, -0.15) is 18.3 Å². The molecule has 1 aromatic heterocycles. The summed E-state index contributed by atoms with van der Waals surface area (Å²) in [4.78, 5) is 15.2. The van der Waals surface area contributed by atoms with Gasteiger partial charge in [0, 0.05) is 43.9 Å². The molecule has 0 spiro atoms. The van der Waals surface area contributed by atoms with Gasteiger partial charge in [0.05, 0.1) is 11.3 Å². The van der Waals surface area contributed by atoms with Crippen LogP contribution in [0.1, 0.15) is 59.1 Å². The van der Waals surface area contributed by atoms with Gasteiger partial charge in [-0.25, -0.2) is 4.39 Å². The third kappa shape index (κ3) is 5.02. The average Bonchev–Trinajstić information content (AvgIpc) is 3.19. The van der Waals surface area contributed by atoms with E-state index in [4.69, 9.17) is 0 Å². The van der Waals surface area contributed by atoms with E-state index in [1.807, 2.05) is 48.9 Å². The van der Waals surface area contributed by atoms with Crippen molar-refractivity contribution in [2.75, 3.05) is 13.6 Å². The highest BCUT2D eigenvalue weighted by atomic mass is 19.4. The first-order valence-corrected chi connectivity index (χ1v) is 12.1. The molecule has 36 heavy (non-hydrogen) atoms. The second-order valence-electron chi connectivity index (χ2n) is 9.04. The maximum absolute atomic E-state index is 14.6. The fourth-order valence-electron chi connectivity index (χ4n) is 5.28. The Hall–Kier alpha value is -3.20. The van der Waals surface area contributed by atoms with Crippen molar-refractivity contribution in [1.82, 2.24) is 20.0 Å². The van der Waals surface area contributed by atoms with Crippen molar-refractivity contribution in [1.29, 1.82) is 0 Å². The van der Waals surface area contributed by atoms with Crippen LogP contribution in [0.25, 0.3) is 0 Å². The fraction of sp³-hybridized carbons (Fsp3) is 0.407. The molecule has 5 nitrogen and oxygen atoms in total. The van der Waals surface area contributed by atoms with E-state index in [0.717, 1.165) is 40.7 Å². The summed E-state index contributed by atoms with van der Waals surface area (Å²) in [6.07, 6.45) is -3.45. The molecule has 1 aliphatic rings. The molecule has 2 heterocycles. The van der Waals surface area contributed by atoms with Gasteiger partial charge >= 0.3 is 6.18 Å². The highest BCUT2D eigenvalue weighted by Gasteiger charge is 2.39. The number of likely N-dealkylation sites (N-methyl/N-ethyl adjacent to an activating group) is 1. The van der Waals surface area contributed by atoms with E-state index in [1.54, 1.807) is 7.05 Å². The molecule has 0 unspecified atom stereocenters. The van der Waals surface area contributed by atoms with Gasteiger partial charge in [0.15, 0.2) is 0 Å². The Morgan fingerprint density at radius 3 is 2.56 bits per heavy atom. The number of fused-ring (bicyclic) bond motifs is 1. The Kier molecular flexibility index (Phi) is 7.49. The number of hydrogen-bond acceptors (Lipinski definition) is 3. The molecular weight excluding hydrogens is 472 g/mol. The molecule has 0 saturated carbocycles. The molecule has 1 N–H and O–H groups in total. The van der Waals surface area contributed by atoms with Crippen LogP contribution in [0, 0.1) is 12.7 Å². The number of alkyl halides is 3. The van der Waals surface area contributed by atoms with E-state index in [0.29, 0.717) is 25.9 Å². The molecule has 0 radical (unpaired) electrons. The smallest absolute Gasteiger partial charge is 0.358 e. The third-order valence-corrected chi connectivity index (χ3v) is 6.92. The Morgan fingerprint density at radius 1 is 1.19 bits per heavy atom. The first-order valence-electron chi connectivity index (χ1n) is 12.1. The highest BCUT2D eigenvalue weighted by Crippen LogP contribution is 2.41. The van der Waals surface area contributed by atoms with Gasteiger partial charge in [-0.15, -0.1) is 0 Å². The lowest BCUT2D eigenvalue weighted by molar-refractivity contribution is -0.137. The van der Waals surface area contributed by atoms with Crippen LogP contribution in [0.4, 0.5) is 17.6 Å². The van der Waals surface area contributed by atoms with Crippen molar-refractivity contribution in [2.24, 2.45) is 0 Å². The van der Waals surface area contributed by atoms with E-state index in [-0.39, 0.29) is 23.9 Å². The highest BCUT2D eigenvalue weighted by molar-refractivity contribution is 5.83. The van der Waals surface area contributed by atoms with Gasteiger partial charge in [0.2, 0.25) is 5.91 Å². The van der Waals surface area contributed by atoms with Crippen molar-refractivity contribution < 1.29 is 22.4 Å². The summed E-state index contributed by atoms with van der Waals surface area (Å²) in [6, 6.07) is 11.0. The van der Waals surface area contributed by atoms with Crippen LogP contribution in [0.2, 0.25) is 0 Å². The Labute approximate surface area is 208 Å². The number of nitrogens with zero attached hydrogens (tertiary/aromatic N) is 3. The van der Waals surface area contributed by atoms with Crippen molar-refractivity contribution in [3.05, 3.63) is 88.0 Å². The molecule has 0 fully saturated rings. The number of carbonyl (C=O) groups excluding carboxylic acids is 1. The number of halogens is 4. The molecule has 0 aliphatic carbocycles. The van der Waals surface area contributed by atoms with E-state index in [9.17, 15) is 22.4 Å². The normalized spacial score (nSPS) is 17.0. The lowest BCUT2D eigenvalue weighted by Gasteiger charge is -2.41. The fourth-order valence-corrected chi connectivity index (χ4v) is 5.28. The topological polar surface area (TPSA) is 50.2 Å². The summed E-state index contributed by atoms with van der Waals surface area (Å²) in [5.74, 6) is -0.849. The summed E-state index contributed by atoms with van der Waals surface area (Å²) in [6.45, 7) is 5.15. The predicted molar refractivity (Wildman–Crippen MR) is 129 cm³/mol. The summed E-state index contributed by atoms with van der Waals surface area (Å²) < 4.78 is 56.4. The molecule has 1 aliphatic heterocycles. The Bertz CT molecular complexity index is 1220. The number of carbonyl (C=O) groups is 1. The SMILES string of the molecule is CCn1nc(C)c2c1CCN([C@@H](C(=O)NC)c1ccccc1)[C@H]2CCc1cc(C(F)(F)F)ccc1F. The maximum Gasteiger partial charge on any atom is 0.416 e. The van der Waals surface area contributed by atoms with E-state index < -0.39 is 23.6 Å². The zero-order valence-electron chi connectivity index (χ0n) is 20.6. The maximum atomic E-state index is 14.6. The third-order valence-electron chi connectivity index (χ3n) is 6.92. The summed E-state index contributed by atoms with van der Waals surface area (Å²) in [5.41, 5.74) is 2.80. The minimum absolute atomic E-state index is 0.00800. The molecular formula is C27H30F4N4O. The van der Waals surface area contributed by atoms with Gasteiger partial charge in [-0.3, -0.25) is 14.4 Å². The second-order valence-corrected chi connectivity index (χ2v) is 9.04. The first-order chi connectivity index (χ1) is 17.2. The Morgan fingerprint density at radius 2 is 1.92 bits per heavy atom. The second kappa shape index (κ2) is 10.4. The van der Waals surface area contributed by atoms with E-state index in [2.05, 4.69) is 15.3 Å². The molecule has 0 saturated heterocycles. The predicted octanol–water partition coefficient (Wildman–Crippen LogP) is 5.39. The number of nitrogens with one attached hydrogen (secondary N) is 1. The number of amides is 1. The monoisotopic (exact) mass is 502 g/mol. The molecule has 2 aromatic carbocycles. The minimum Gasteiger partial charge on any atom is -0.358 e. The summed E-state index contributed by atoms with van der Waals surface area (Å²) in [7, 11) is 1.58. The lowest BCUT2D eigenvalue weighted by Crippen LogP contribution is -2.45. The number of aryl methyl sites for hydroxylation is 3. The Balaban J connectivity index is 1.76. The molecule has 3 aromatic rings. The van der Waals surface area contributed by atoms with Crippen molar-refractivity contribution in [3.8, 4) is 0 Å². The van der Waals surface area contributed by atoms with Crippen molar-refractivity contribution in [3.63, 3.8) is 0 Å². The van der Waals surface area contributed by atoms with Crippen LogP contribution in [0.3, 0.4) is 0 Å². The van der Waals surface area contributed by atoms with Gasteiger partial charge < -0.3 is 5.32 Å². The van der Waals surface area contributed by atoms with Crippen LogP contribution < -0.4 is 5.32 Å². The van der Waals surface area contributed by atoms with Gasteiger partial charge in [0.1, 0.15) is 11.9 Å². The average molecular weight is 503 g/mol. The summed E-state index contributed by atoms with van der Waals surface area (Å²) in [5, 5.41) is 7.44. The zero-order valence-corrected chi connectivity index (χ0v) is 20.6. The van der Waals surface area contributed by atoms with Gasteiger partial charge in [-0.1, -0.05) is 30.3 Å². The van der Waals surface area contributed by atoms with Crippen molar-refractivity contribution in [2.45, 2.75) is 57.9 Å². The van der Waals surface area contributed by atoms with Crippen molar-refractivity contribution >= 4 is 5.91 Å². The van der Waals surface area contributed by atoms with E-state index in [1.165, 1.54) is 0 Å². The van der Waals surface area contributed by atoms with Crippen LogP contribution >= 0.6 is 0 Å². The van der Waals surface area contributed by atoms with E-state index >= 15 is 0 Å². The first kappa shape index (κ1) is 25.9. The number of hydrogen-bond donors (Lipinski definition) is 1. The van der Waals surface area contributed by atoms with Crippen LogP contribution in [-0.2, 0) is 30.4 Å². The molecule has 2 atom stereocenters. The van der Waals surface area contributed by atoms with Gasteiger partial charge in [-0.05, 0) is 56.0 Å². The molecule has 192 valence electrons. The molecule has 4 rings (SSSR count). The van der Waals surface area contributed by atoms with Crippen LogP contribution in [0.15, 0.2) is 48.5 Å². The number of benzene rings is 2. The largest absolute Gasteiger partial charge is 0.416 e. The molecule has 9 heteroatoms. The summed E-state index contributed by atoms with van der Waals surface area (Å²) >= 11 is 0. The zero-order chi connectivity index (χ0) is 26.0. The lowest BCUT2D eigenvalue weighted by atomic mass is 9.88. The van der Waals surface area contributed by atoms with Crippen LogP contribution in [-0.4, -0.2) is 34.2 Å². The number of aromatic nitrogens is 2. The standard InChI is InChI=1S/C27H30F4N4O/c1-4-35-23-14-15-34(25(26(36)32-3)18-8-6-5-7-9-18)22(24(23)17(2)33-35)13-10-19-16-20(27(29,30)31)11-12-21(19)28/h5-9,11-12,16,22,25H,4,10,13-15H2,1-3H3,(H,32,36)/t22-,25+/m0/s1. The van der Waals surface area contributed by atoms with Gasteiger partial charge in [0.25, 0.3) is 0 Å².